The fourth-order valence-corrected chi connectivity index (χ4v) is 1.53. The normalized spacial score (nSPS) is 12.5. The maximum Gasteiger partial charge on any atom is 0.127 e. The lowest BCUT2D eigenvalue weighted by Gasteiger charge is -2.06. The predicted octanol–water partition coefficient (Wildman–Crippen LogP) is 1.10. The quantitative estimate of drug-likeness (QED) is 0.564. The molecule has 0 saturated heterocycles. The topological polar surface area (TPSA) is 49.7 Å². The Morgan fingerprint density at radius 3 is 2.46 bits per heavy atom. The van der Waals surface area contributed by atoms with Crippen LogP contribution in [0.1, 0.15) is 0 Å². The van der Waals surface area contributed by atoms with Crippen molar-refractivity contribution in [3.05, 3.63) is 24.3 Å². The molecule has 0 heterocycles. The number of aliphatic hydroxyl groups is 2. The number of methoxy groups -OCH3 is 1. The minimum atomic E-state index is -0.756. The van der Waals surface area contributed by atoms with Crippen molar-refractivity contribution in [3.8, 4) is 5.75 Å². The molecule has 1 aromatic carbocycles. The molecule has 0 fully saturated rings. The van der Waals surface area contributed by atoms with Gasteiger partial charge in [-0.1, -0.05) is 11.8 Å². The lowest BCUT2D eigenvalue weighted by molar-refractivity contribution is 0.160. The third-order valence-corrected chi connectivity index (χ3v) is 2.45. The summed E-state index contributed by atoms with van der Waals surface area (Å²) in [5.41, 5.74) is -0.756. The number of hydrogen-bond donors (Lipinski definition) is 2. The summed E-state index contributed by atoms with van der Waals surface area (Å²) in [5.74, 6) is 0.780. The first-order valence-electron chi connectivity index (χ1n) is 3.86. The Kier molecular flexibility index (Phi) is 4.08. The van der Waals surface area contributed by atoms with Crippen LogP contribution in [-0.4, -0.2) is 29.4 Å². The molecule has 0 bridgehead atoms. The van der Waals surface area contributed by atoms with Crippen LogP contribution in [0.15, 0.2) is 29.2 Å². The molecule has 0 aliphatic carbocycles. The number of ether oxygens (including phenoxy) is 1. The Bertz CT molecular complexity index is 248. The van der Waals surface area contributed by atoms with Crippen LogP contribution in [0.3, 0.4) is 0 Å². The minimum Gasteiger partial charge on any atom is -0.497 e. The first kappa shape index (κ1) is 10.4. The third kappa shape index (κ3) is 3.26. The average Bonchev–Trinajstić information content (AvgIpc) is 2.19. The highest BCUT2D eigenvalue weighted by molar-refractivity contribution is 7.99. The van der Waals surface area contributed by atoms with Gasteiger partial charge in [-0.3, -0.25) is 0 Å². The molecule has 0 aromatic heterocycles. The first-order chi connectivity index (χ1) is 6.26. The Balaban J connectivity index is 2.58. The van der Waals surface area contributed by atoms with Crippen LogP contribution in [0, 0.1) is 0 Å². The van der Waals surface area contributed by atoms with E-state index in [-0.39, 0.29) is 6.61 Å². The van der Waals surface area contributed by atoms with E-state index in [1.807, 2.05) is 24.3 Å². The molecule has 1 aromatic rings. The molecular weight excluding hydrogens is 188 g/mol. The summed E-state index contributed by atoms with van der Waals surface area (Å²) in [6.07, 6.45) is 0. The average molecular weight is 200 g/mol. The molecular formula is C9H12O3S. The number of hydrogen-bond acceptors (Lipinski definition) is 4. The molecule has 0 spiro atoms. The van der Waals surface area contributed by atoms with Crippen LogP contribution in [0.2, 0.25) is 0 Å². The van der Waals surface area contributed by atoms with Crippen molar-refractivity contribution in [1.82, 2.24) is 0 Å². The summed E-state index contributed by atoms with van der Waals surface area (Å²) in [4.78, 5) is 0.905. The van der Waals surface area contributed by atoms with E-state index in [9.17, 15) is 0 Å². The monoisotopic (exact) mass is 200 g/mol. The Labute approximate surface area is 81.4 Å². The molecule has 72 valence electrons. The fraction of sp³-hybridized carbons (Fsp3) is 0.333. The SMILES string of the molecule is COc1ccc(SC(O)CO)cc1. The number of rotatable bonds is 4. The highest BCUT2D eigenvalue weighted by Gasteiger charge is 2.03. The van der Waals surface area contributed by atoms with Gasteiger partial charge in [-0.05, 0) is 24.3 Å². The van der Waals surface area contributed by atoms with Gasteiger partial charge in [-0.15, -0.1) is 0 Å². The van der Waals surface area contributed by atoms with Gasteiger partial charge in [0.1, 0.15) is 11.2 Å². The van der Waals surface area contributed by atoms with E-state index in [0.717, 1.165) is 10.6 Å². The van der Waals surface area contributed by atoms with Crippen molar-refractivity contribution in [1.29, 1.82) is 0 Å². The summed E-state index contributed by atoms with van der Waals surface area (Å²) < 4.78 is 4.98. The summed E-state index contributed by atoms with van der Waals surface area (Å²) in [6, 6.07) is 7.30. The van der Waals surface area contributed by atoms with Crippen LogP contribution in [0.25, 0.3) is 0 Å². The maximum atomic E-state index is 9.12. The van der Waals surface area contributed by atoms with Gasteiger partial charge in [-0.2, -0.15) is 0 Å². The summed E-state index contributed by atoms with van der Waals surface area (Å²) in [7, 11) is 1.60. The summed E-state index contributed by atoms with van der Waals surface area (Å²) >= 11 is 1.21. The van der Waals surface area contributed by atoms with Crippen molar-refractivity contribution in [2.45, 2.75) is 10.3 Å². The number of aliphatic hydroxyl groups excluding tert-OH is 2. The lowest BCUT2D eigenvalue weighted by atomic mass is 10.3. The Morgan fingerprint density at radius 2 is 2.00 bits per heavy atom. The molecule has 3 nitrogen and oxygen atoms in total. The molecule has 0 aliphatic rings. The first-order valence-corrected chi connectivity index (χ1v) is 4.74. The van der Waals surface area contributed by atoms with Gasteiger partial charge in [0.15, 0.2) is 0 Å². The van der Waals surface area contributed by atoms with Crippen LogP contribution in [0.4, 0.5) is 0 Å². The lowest BCUT2D eigenvalue weighted by Crippen LogP contribution is -2.05. The second-order valence-corrected chi connectivity index (χ2v) is 3.68. The molecule has 4 heteroatoms. The highest BCUT2D eigenvalue weighted by Crippen LogP contribution is 2.23. The largest absolute Gasteiger partial charge is 0.497 e. The standard InChI is InChI=1S/C9H12O3S/c1-12-7-2-4-8(5-3-7)13-9(11)6-10/h2-5,9-11H,6H2,1H3. The molecule has 0 radical (unpaired) electrons. The zero-order valence-corrected chi connectivity index (χ0v) is 8.12. The van der Waals surface area contributed by atoms with E-state index in [0.29, 0.717) is 0 Å². The summed E-state index contributed by atoms with van der Waals surface area (Å²) in [6.45, 7) is -0.239. The molecule has 1 rings (SSSR count). The fourth-order valence-electron chi connectivity index (χ4n) is 0.849. The second-order valence-electron chi connectivity index (χ2n) is 2.43. The van der Waals surface area contributed by atoms with Gasteiger partial charge in [0, 0.05) is 4.90 Å². The van der Waals surface area contributed by atoms with E-state index in [4.69, 9.17) is 14.9 Å². The molecule has 0 amide bonds. The number of benzene rings is 1. The molecule has 2 N–H and O–H groups in total. The van der Waals surface area contributed by atoms with Gasteiger partial charge < -0.3 is 14.9 Å². The smallest absolute Gasteiger partial charge is 0.127 e. The molecule has 0 aliphatic heterocycles. The van der Waals surface area contributed by atoms with Gasteiger partial charge in [0.25, 0.3) is 0 Å². The van der Waals surface area contributed by atoms with Crippen LogP contribution < -0.4 is 4.74 Å². The van der Waals surface area contributed by atoms with E-state index in [2.05, 4.69) is 0 Å². The van der Waals surface area contributed by atoms with Crippen molar-refractivity contribution < 1.29 is 14.9 Å². The van der Waals surface area contributed by atoms with Crippen LogP contribution >= 0.6 is 11.8 Å². The molecule has 1 unspecified atom stereocenters. The van der Waals surface area contributed by atoms with E-state index < -0.39 is 5.44 Å². The van der Waals surface area contributed by atoms with Crippen molar-refractivity contribution in [2.24, 2.45) is 0 Å². The molecule has 13 heavy (non-hydrogen) atoms. The Hall–Kier alpha value is -0.710. The second kappa shape index (κ2) is 5.11. The van der Waals surface area contributed by atoms with E-state index in [1.165, 1.54) is 11.8 Å². The van der Waals surface area contributed by atoms with Gasteiger partial charge in [-0.25, -0.2) is 0 Å². The van der Waals surface area contributed by atoms with Gasteiger partial charge in [0.05, 0.1) is 13.7 Å². The highest BCUT2D eigenvalue weighted by atomic mass is 32.2. The molecule has 0 saturated carbocycles. The van der Waals surface area contributed by atoms with Crippen LogP contribution in [0.5, 0.6) is 5.75 Å². The van der Waals surface area contributed by atoms with E-state index in [1.54, 1.807) is 7.11 Å². The zero-order valence-electron chi connectivity index (χ0n) is 7.30. The van der Waals surface area contributed by atoms with Crippen molar-refractivity contribution in [2.75, 3.05) is 13.7 Å². The zero-order chi connectivity index (χ0) is 9.68. The van der Waals surface area contributed by atoms with Gasteiger partial charge in [0.2, 0.25) is 0 Å². The van der Waals surface area contributed by atoms with Crippen molar-refractivity contribution in [3.63, 3.8) is 0 Å². The van der Waals surface area contributed by atoms with Crippen molar-refractivity contribution >= 4 is 11.8 Å². The van der Waals surface area contributed by atoms with Crippen LogP contribution in [-0.2, 0) is 0 Å². The predicted molar refractivity (Wildman–Crippen MR) is 51.9 cm³/mol. The van der Waals surface area contributed by atoms with E-state index >= 15 is 0 Å². The van der Waals surface area contributed by atoms with Gasteiger partial charge >= 0.3 is 0 Å². The third-order valence-electron chi connectivity index (χ3n) is 1.49. The Morgan fingerprint density at radius 1 is 1.38 bits per heavy atom. The molecule has 1 atom stereocenters. The summed E-state index contributed by atoms with van der Waals surface area (Å²) in [5, 5.41) is 17.7. The minimum absolute atomic E-state index is 0.239. The maximum absolute atomic E-state index is 9.12. The number of thioether (sulfide) groups is 1.